The first-order valence-electron chi connectivity index (χ1n) is 7.00. The molecule has 0 aromatic heterocycles. The Kier molecular flexibility index (Phi) is 3.61. The molecule has 108 valence electrons. The lowest BCUT2D eigenvalue weighted by Crippen LogP contribution is -2.37. The van der Waals surface area contributed by atoms with E-state index in [0.29, 0.717) is 28.6 Å². The first-order valence-corrected chi connectivity index (χ1v) is 7.37. The molecule has 0 bridgehead atoms. The summed E-state index contributed by atoms with van der Waals surface area (Å²) in [5.74, 6) is 1.13. The number of nitrogens with two attached hydrogens (primary N) is 1. The van der Waals surface area contributed by atoms with Crippen LogP contribution in [-0.2, 0) is 5.41 Å². The van der Waals surface area contributed by atoms with E-state index in [2.05, 4.69) is 0 Å². The van der Waals surface area contributed by atoms with Gasteiger partial charge in [-0.2, -0.15) is 0 Å². The Labute approximate surface area is 123 Å². The van der Waals surface area contributed by atoms with Crippen molar-refractivity contribution in [3.05, 3.63) is 22.2 Å². The lowest BCUT2D eigenvalue weighted by atomic mass is 9.69. The summed E-state index contributed by atoms with van der Waals surface area (Å²) in [7, 11) is 0. The third-order valence-electron chi connectivity index (χ3n) is 4.48. The second-order valence-corrected chi connectivity index (χ2v) is 5.96. The molecule has 2 aliphatic rings. The highest BCUT2D eigenvalue weighted by atomic mass is 35.5. The van der Waals surface area contributed by atoms with Gasteiger partial charge in [0.25, 0.3) is 0 Å². The van der Waals surface area contributed by atoms with Gasteiger partial charge >= 0.3 is 0 Å². The second kappa shape index (κ2) is 5.26. The van der Waals surface area contributed by atoms with Gasteiger partial charge in [-0.3, -0.25) is 4.79 Å². The molecule has 1 saturated carbocycles. The minimum Gasteiger partial charge on any atom is -0.453 e. The summed E-state index contributed by atoms with van der Waals surface area (Å²) in [6.45, 7) is 0.660. The van der Waals surface area contributed by atoms with Gasteiger partial charge in [0.1, 0.15) is 0 Å². The molecule has 1 aromatic carbocycles. The van der Waals surface area contributed by atoms with Crippen molar-refractivity contribution in [2.45, 2.75) is 37.5 Å². The Bertz CT molecular complexity index is 538. The van der Waals surface area contributed by atoms with Crippen LogP contribution in [0.25, 0.3) is 0 Å². The highest BCUT2D eigenvalue weighted by molar-refractivity contribution is 6.32. The molecule has 0 amide bonds. The molecule has 1 aliphatic heterocycles. The summed E-state index contributed by atoms with van der Waals surface area (Å²) in [5.41, 5.74) is 7.29. The van der Waals surface area contributed by atoms with E-state index in [-0.39, 0.29) is 12.2 Å². The molecule has 0 unspecified atom stereocenters. The molecular weight excluding hydrogens is 278 g/mol. The van der Waals surface area contributed by atoms with Crippen molar-refractivity contribution in [3.8, 4) is 11.5 Å². The third kappa shape index (κ3) is 1.98. The topological polar surface area (TPSA) is 61.6 Å². The maximum absolute atomic E-state index is 11.1. The van der Waals surface area contributed by atoms with Crippen LogP contribution in [0.4, 0.5) is 0 Å². The highest BCUT2D eigenvalue weighted by Gasteiger charge is 2.40. The molecule has 5 heteroatoms. The summed E-state index contributed by atoms with van der Waals surface area (Å²) in [5, 5.41) is 0.559. The Morgan fingerprint density at radius 3 is 2.60 bits per heavy atom. The van der Waals surface area contributed by atoms with E-state index in [0.717, 1.165) is 37.5 Å². The largest absolute Gasteiger partial charge is 0.453 e. The molecule has 0 saturated heterocycles. The van der Waals surface area contributed by atoms with Crippen LogP contribution in [0.15, 0.2) is 6.07 Å². The number of rotatable bonds is 3. The second-order valence-electron chi connectivity index (χ2n) is 5.55. The van der Waals surface area contributed by atoms with Gasteiger partial charge in [-0.15, -0.1) is 0 Å². The van der Waals surface area contributed by atoms with Crippen molar-refractivity contribution in [1.29, 1.82) is 0 Å². The van der Waals surface area contributed by atoms with Gasteiger partial charge in [0.05, 0.1) is 5.56 Å². The SMILES string of the molecule is NCC1(c2c(Cl)cc(C=O)c3c2OCO3)CCCCC1. The fourth-order valence-electron chi connectivity index (χ4n) is 3.43. The van der Waals surface area contributed by atoms with Gasteiger partial charge in [0, 0.05) is 22.5 Å². The van der Waals surface area contributed by atoms with Gasteiger partial charge in [-0.25, -0.2) is 0 Å². The molecule has 1 fully saturated rings. The van der Waals surface area contributed by atoms with Gasteiger partial charge in [0.15, 0.2) is 17.8 Å². The lowest BCUT2D eigenvalue weighted by molar-refractivity contribution is 0.111. The van der Waals surface area contributed by atoms with Crippen molar-refractivity contribution < 1.29 is 14.3 Å². The Hall–Kier alpha value is -1.26. The first kappa shape index (κ1) is 13.7. The molecule has 0 atom stereocenters. The number of halogens is 1. The molecule has 3 rings (SSSR count). The van der Waals surface area contributed by atoms with Gasteiger partial charge < -0.3 is 15.2 Å². The van der Waals surface area contributed by atoms with E-state index in [1.54, 1.807) is 6.07 Å². The molecule has 1 aromatic rings. The average Bonchev–Trinajstić information content (AvgIpc) is 2.96. The van der Waals surface area contributed by atoms with Gasteiger partial charge in [-0.1, -0.05) is 30.9 Å². The van der Waals surface area contributed by atoms with Crippen molar-refractivity contribution >= 4 is 17.9 Å². The zero-order chi connectivity index (χ0) is 14.2. The quantitative estimate of drug-likeness (QED) is 0.871. The van der Waals surface area contributed by atoms with E-state index in [1.165, 1.54) is 6.42 Å². The fraction of sp³-hybridized carbons (Fsp3) is 0.533. The van der Waals surface area contributed by atoms with Gasteiger partial charge in [0.2, 0.25) is 6.79 Å². The van der Waals surface area contributed by atoms with Crippen LogP contribution in [0.2, 0.25) is 5.02 Å². The maximum atomic E-state index is 11.1. The van der Waals surface area contributed by atoms with E-state index in [4.69, 9.17) is 26.8 Å². The fourth-order valence-corrected chi connectivity index (χ4v) is 3.83. The molecule has 0 radical (unpaired) electrons. The van der Waals surface area contributed by atoms with Crippen LogP contribution in [-0.4, -0.2) is 19.6 Å². The normalized spacial score (nSPS) is 19.9. The Morgan fingerprint density at radius 1 is 1.25 bits per heavy atom. The zero-order valence-corrected chi connectivity index (χ0v) is 12.0. The first-order chi connectivity index (χ1) is 9.72. The number of aldehydes is 1. The number of hydrogen-bond donors (Lipinski definition) is 1. The third-order valence-corrected chi connectivity index (χ3v) is 4.78. The monoisotopic (exact) mass is 295 g/mol. The van der Waals surface area contributed by atoms with E-state index in [9.17, 15) is 4.79 Å². The summed E-state index contributed by atoms with van der Waals surface area (Å²) >= 11 is 6.44. The standard InChI is InChI=1S/C15H18ClNO3/c16-11-6-10(7-18)13-14(20-9-19-13)12(11)15(8-17)4-2-1-3-5-15/h6-7H,1-5,8-9,17H2. The average molecular weight is 296 g/mol. The molecule has 1 aliphatic carbocycles. The number of carbonyl (C=O) groups is 1. The van der Waals surface area contributed by atoms with Crippen molar-refractivity contribution in [3.63, 3.8) is 0 Å². The smallest absolute Gasteiger partial charge is 0.231 e. The Morgan fingerprint density at radius 2 is 1.95 bits per heavy atom. The molecule has 2 N–H and O–H groups in total. The van der Waals surface area contributed by atoms with Crippen LogP contribution in [0.5, 0.6) is 11.5 Å². The maximum Gasteiger partial charge on any atom is 0.231 e. The summed E-state index contributed by atoms with van der Waals surface area (Å²) in [6.07, 6.45) is 6.25. The molecule has 1 heterocycles. The van der Waals surface area contributed by atoms with Crippen molar-refractivity contribution in [2.24, 2.45) is 5.73 Å². The minimum absolute atomic E-state index is 0.129. The van der Waals surface area contributed by atoms with Crippen LogP contribution in [0.3, 0.4) is 0 Å². The van der Waals surface area contributed by atoms with E-state index < -0.39 is 0 Å². The molecule has 20 heavy (non-hydrogen) atoms. The predicted molar refractivity (Wildman–Crippen MR) is 76.8 cm³/mol. The highest BCUT2D eigenvalue weighted by Crippen LogP contribution is 2.51. The van der Waals surface area contributed by atoms with E-state index >= 15 is 0 Å². The Balaban J connectivity index is 2.18. The van der Waals surface area contributed by atoms with E-state index in [1.807, 2.05) is 0 Å². The number of benzene rings is 1. The van der Waals surface area contributed by atoms with Crippen LogP contribution in [0, 0.1) is 0 Å². The minimum atomic E-state index is -0.158. The van der Waals surface area contributed by atoms with Crippen LogP contribution >= 0.6 is 11.6 Å². The molecule has 4 nitrogen and oxygen atoms in total. The molecular formula is C15H18ClNO3. The molecule has 0 spiro atoms. The van der Waals surface area contributed by atoms with Crippen molar-refractivity contribution in [1.82, 2.24) is 0 Å². The zero-order valence-electron chi connectivity index (χ0n) is 11.3. The number of ether oxygens (including phenoxy) is 2. The lowest BCUT2D eigenvalue weighted by Gasteiger charge is -2.38. The summed E-state index contributed by atoms with van der Waals surface area (Å²) in [4.78, 5) is 11.1. The van der Waals surface area contributed by atoms with Gasteiger partial charge in [-0.05, 0) is 18.9 Å². The number of fused-ring (bicyclic) bond motifs is 1. The van der Waals surface area contributed by atoms with Crippen molar-refractivity contribution in [2.75, 3.05) is 13.3 Å². The van der Waals surface area contributed by atoms with Crippen LogP contribution in [0.1, 0.15) is 48.0 Å². The number of carbonyl (C=O) groups excluding carboxylic acids is 1. The predicted octanol–water partition coefficient (Wildman–Crippen LogP) is 3.04. The summed E-state index contributed by atoms with van der Waals surface area (Å²) in [6, 6.07) is 1.67. The van der Waals surface area contributed by atoms with Crippen LogP contribution < -0.4 is 15.2 Å². The number of hydrogen-bond acceptors (Lipinski definition) is 4. The summed E-state index contributed by atoms with van der Waals surface area (Å²) < 4.78 is 11.1.